The van der Waals surface area contributed by atoms with Crippen LogP contribution in [0.15, 0.2) is 58.7 Å². The molecule has 1 aliphatic carbocycles. The maximum Gasteiger partial charge on any atom is 0.328 e. The van der Waals surface area contributed by atoms with E-state index in [1.165, 1.54) is 30.1 Å². The highest BCUT2D eigenvalue weighted by molar-refractivity contribution is 5.81. The SMILES string of the molecule is [2H][13C]([2H])([2H])C(=C\C(=O)O)/C=C/C=C(C)\C=C\C1=C(C)CCCC1(C)C. The zero-order chi connectivity index (χ0) is 19.3. The summed E-state index contributed by atoms with van der Waals surface area (Å²) in [7, 11) is 0. The summed E-state index contributed by atoms with van der Waals surface area (Å²) >= 11 is 0. The Hall–Kier alpha value is -1.83. The normalized spacial score (nSPS) is 22.8. The van der Waals surface area contributed by atoms with Crippen LogP contribution in [0.4, 0.5) is 0 Å². The van der Waals surface area contributed by atoms with Crippen molar-refractivity contribution >= 4 is 5.97 Å². The van der Waals surface area contributed by atoms with Crippen molar-refractivity contribution in [3.8, 4) is 0 Å². The van der Waals surface area contributed by atoms with Crippen LogP contribution in [-0.4, -0.2) is 11.1 Å². The average molecular weight is 304 g/mol. The van der Waals surface area contributed by atoms with Crippen molar-refractivity contribution in [2.75, 3.05) is 0 Å². The molecule has 0 unspecified atom stereocenters. The zero-order valence-corrected chi connectivity index (χ0v) is 13.9. The van der Waals surface area contributed by atoms with Crippen LogP contribution < -0.4 is 0 Å². The molecule has 0 saturated heterocycles. The summed E-state index contributed by atoms with van der Waals surface area (Å²) in [6, 6.07) is 0. The summed E-state index contributed by atoms with van der Waals surface area (Å²) in [5, 5.41) is 8.77. The smallest absolute Gasteiger partial charge is 0.328 e. The second-order valence-electron chi connectivity index (χ2n) is 6.47. The van der Waals surface area contributed by atoms with Gasteiger partial charge < -0.3 is 5.11 Å². The Morgan fingerprint density at radius 2 is 2.05 bits per heavy atom. The Bertz CT molecular complexity index is 657. The monoisotopic (exact) mass is 304 g/mol. The molecule has 2 nitrogen and oxygen atoms in total. The Balaban J connectivity index is 2.93. The lowest BCUT2D eigenvalue weighted by Crippen LogP contribution is -2.19. The molecule has 0 bridgehead atoms. The van der Waals surface area contributed by atoms with Gasteiger partial charge in [0.15, 0.2) is 0 Å². The summed E-state index contributed by atoms with van der Waals surface area (Å²) in [6.07, 6.45) is 13.1. The van der Waals surface area contributed by atoms with Gasteiger partial charge in [0.25, 0.3) is 0 Å². The highest BCUT2D eigenvalue weighted by atomic mass is 16.4. The number of carboxylic acid groups (broad SMARTS) is 1. The Labute approximate surface area is 138 Å². The molecule has 1 aliphatic rings. The van der Waals surface area contributed by atoms with Gasteiger partial charge >= 0.3 is 5.97 Å². The lowest BCUT2D eigenvalue weighted by Gasteiger charge is -2.32. The Kier molecular flexibility index (Phi) is 5.01. The van der Waals surface area contributed by atoms with E-state index in [4.69, 9.17) is 9.22 Å². The van der Waals surface area contributed by atoms with Crippen molar-refractivity contribution in [3.05, 3.63) is 58.7 Å². The van der Waals surface area contributed by atoms with Crippen molar-refractivity contribution in [1.82, 2.24) is 0 Å². The van der Waals surface area contributed by atoms with Crippen molar-refractivity contribution in [3.63, 3.8) is 0 Å². The van der Waals surface area contributed by atoms with Gasteiger partial charge in [-0.05, 0) is 56.5 Å². The number of hydrogen-bond acceptors (Lipinski definition) is 1. The molecular weight excluding hydrogens is 273 g/mol. The number of rotatable bonds is 5. The minimum Gasteiger partial charge on any atom is -0.478 e. The third-order valence-corrected chi connectivity index (χ3v) is 3.97. The Morgan fingerprint density at radius 3 is 2.64 bits per heavy atom. The summed E-state index contributed by atoms with van der Waals surface area (Å²) < 4.78 is 22.1. The van der Waals surface area contributed by atoms with Crippen LogP contribution in [0.2, 0.25) is 0 Å². The molecule has 0 aromatic rings. The predicted octanol–water partition coefficient (Wildman–Crippen LogP) is 5.60. The molecule has 0 heterocycles. The first-order valence-electron chi connectivity index (χ1n) is 9.12. The first-order chi connectivity index (χ1) is 11.4. The lowest BCUT2D eigenvalue weighted by atomic mass is 9.72. The van der Waals surface area contributed by atoms with Gasteiger partial charge in [0.1, 0.15) is 0 Å². The minimum atomic E-state index is -2.44. The molecule has 1 rings (SSSR count). The minimum absolute atomic E-state index is 0.174. The van der Waals surface area contributed by atoms with Gasteiger partial charge in [-0.2, -0.15) is 0 Å². The van der Waals surface area contributed by atoms with E-state index in [0.29, 0.717) is 0 Å². The standard InChI is InChI=1S/C20H28O2/c1-15(8-6-9-16(2)14-19(21)22)11-12-18-17(3)10-7-13-20(18,4)5/h6,8-9,11-12,14H,7,10,13H2,1-5H3,(H,21,22)/b9-6+,12-11+,15-8-,16-14+/i2+1D3. The van der Waals surface area contributed by atoms with E-state index in [2.05, 4.69) is 26.8 Å². The van der Waals surface area contributed by atoms with Crippen LogP contribution in [0, 0.1) is 5.41 Å². The molecule has 22 heavy (non-hydrogen) atoms. The molecule has 0 aliphatic heterocycles. The fourth-order valence-electron chi connectivity index (χ4n) is 2.77. The van der Waals surface area contributed by atoms with Crippen molar-refractivity contribution in [2.24, 2.45) is 5.41 Å². The molecule has 0 fully saturated rings. The molecule has 0 radical (unpaired) electrons. The second-order valence-corrected chi connectivity index (χ2v) is 6.47. The molecule has 0 spiro atoms. The van der Waals surface area contributed by atoms with E-state index in [1.54, 1.807) is 12.2 Å². The van der Waals surface area contributed by atoms with Crippen LogP contribution >= 0.6 is 0 Å². The first-order valence-corrected chi connectivity index (χ1v) is 7.62. The fourth-order valence-corrected chi connectivity index (χ4v) is 2.77. The molecule has 1 N–H and O–H groups in total. The molecule has 2 heteroatoms. The maximum absolute atomic E-state index is 10.7. The highest BCUT2D eigenvalue weighted by Crippen LogP contribution is 2.40. The van der Waals surface area contributed by atoms with Gasteiger partial charge in [-0.1, -0.05) is 55.4 Å². The van der Waals surface area contributed by atoms with Crippen molar-refractivity contribution in [2.45, 2.75) is 53.8 Å². The molecule has 0 saturated carbocycles. The molecule has 0 aromatic heterocycles. The highest BCUT2D eigenvalue weighted by Gasteiger charge is 2.26. The van der Waals surface area contributed by atoms with Gasteiger partial charge in [0, 0.05) is 10.2 Å². The van der Waals surface area contributed by atoms with E-state index < -0.39 is 12.8 Å². The molecule has 120 valence electrons. The van der Waals surface area contributed by atoms with E-state index in [9.17, 15) is 4.79 Å². The number of aliphatic carboxylic acids is 1. The maximum atomic E-state index is 10.7. The fraction of sp³-hybridized carbons (Fsp3) is 0.450. The summed E-state index contributed by atoms with van der Waals surface area (Å²) in [5.74, 6) is -1.27. The van der Waals surface area contributed by atoms with Crippen LogP contribution in [0.5, 0.6) is 0 Å². The zero-order valence-electron chi connectivity index (χ0n) is 16.9. The molecular formula is C20H28O2. The molecule has 0 atom stereocenters. The van der Waals surface area contributed by atoms with Gasteiger partial charge in [-0.15, -0.1) is 0 Å². The third kappa shape index (κ3) is 5.88. The first kappa shape index (κ1) is 13.8. The van der Waals surface area contributed by atoms with Crippen molar-refractivity contribution in [1.29, 1.82) is 0 Å². The number of hydrogen-bond donors (Lipinski definition) is 1. The van der Waals surface area contributed by atoms with Crippen LogP contribution in [0.1, 0.15) is 57.9 Å². The topological polar surface area (TPSA) is 37.3 Å². The van der Waals surface area contributed by atoms with Gasteiger partial charge in [-0.25, -0.2) is 4.79 Å². The summed E-state index contributed by atoms with van der Waals surface area (Å²) in [5.41, 5.74) is 3.74. The molecule has 0 amide bonds. The van der Waals surface area contributed by atoms with Crippen LogP contribution in [0.25, 0.3) is 0 Å². The van der Waals surface area contributed by atoms with Gasteiger partial charge in [-0.3, -0.25) is 0 Å². The number of carboxylic acids is 1. The van der Waals surface area contributed by atoms with Gasteiger partial charge in [0.05, 0.1) is 0 Å². The number of allylic oxidation sites excluding steroid dienone is 9. The van der Waals surface area contributed by atoms with Gasteiger partial charge in [0.2, 0.25) is 0 Å². The van der Waals surface area contributed by atoms with Crippen molar-refractivity contribution < 1.29 is 14.0 Å². The largest absolute Gasteiger partial charge is 0.478 e. The lowest BCUT2D eigenvalue weighted by molar-refractivity contribution is -0.131. The summed E-state index contributed by atoms with van der Waals surface area (Å²) in [4.78, 5) is 10.7. The van der Waals surface area contributed by atoms with E-state index in [1.807, 2.05) is 13.0 Å². The average Bonchev–Trinajstić information content (AvgIpc) is 2.43. The quantitative estimate of drug-likeness (QED) is 0.407. The van der Waals surface area contributed by atoms with Crippen LogP contribution in [0.3, 0.4) is 0 Å². The number of carbonyl (C=O) groups is 1. The third-order valence-electron chi connectivity index (χ3n) is 3.97. The van der Waals surface area contributed by atoms with E-state index in [0.717, 1.165) is 18.1 Å². The Morgan fingerprint density at radius 1 is 1.32 bits per heavy atom. The van der Waals surface area contributed by atoms with Crippen LogP contribution in [-0.2, 0) is 4.79 Å². The van der Waals surface area contributed by atoms with E-state index in [-0.39, 0.29) is 11.0 Å². The molecule has 0 aromatic carbocycles. The second kappa shape index (κ2) is 7.98. The van der Waals surface area contributed by atoms with E-state index >= 15 is 0 Å². The summed E-state index contributed by atoms with van der Waals surface area (Å²) in [6.45, 7) is 6.18. The predicted molar refractivity (Wildman–Crippen MR) is 93.8 cm³/mol.